The molecule has 144 valence electrons. The van der Waals surface area contributed by atoms with Gasteiger partial charge in [0.1, 0.15) is 5.39 Å². The average molecular weight is 457 g/mol. The van der Waals surface area contributed by atoms with Crippen molar-refractivity contribution in [3.63, 3.8) is 0 Å². The van der Waals surface area contributed by atoms with E-state index >= 15 is 0 Å². The molecule has 0 aliphatic heterocycles. The largest absolute Gasteiger partial charge is 0.492 e. The number of anilines is 1. The summed E-state index contributed by atoms with van der Waals surface area (Å²) in [5.41, 5.74) is 0.940. The van der Waals surface area contributed by atoms with E-state index < -0.39 is 10.0 Å². The third kappa shape index (κ3) is 3.30. The smallest absolute Gasteiger partial charge is 0.263 e. The van der Waals surface area contributed by atoms with E-state index in [1.54, 1.807) is 18.2 Å². The van der Waals surface area contributed by atoms with Gasteiger partial charge in [-0.15, -0.1) is 0 Å². The van der Waals surface area contributed by atoms with Crippen molar-refractivity contribution in [1.82, 2.24) is 5.16 Å². The number of rotatable bonds is 7. The summed E-state index contributed by atoms with van der Waals surface area (Å²) in [4.78, 5) is 0.0984. The van der Waals surface area contributed by atoms with Crippen molar-refractivity contribution in [1.29, 1.82) is 0 Å². The Bertz CT molecular complexity index is 1070. The highest BCUT2D eigenvalue weighted by Crippen LogP contribution is 2.49. The first-order valence-corrected chi connectivity index (χ1v) is 10.3. The van der Waals surface area contributed by atoms with Crippen LogP contribution in [0.15, 0.2) is 39.8 Å². The molecule has 0 atom stereocenters. The van der Waals surface area contributed by atoms with E-state index in [4.69, 9.17) is 18.7 Å². The van der Waals surface area contributed by atoms with E-state index in [0.29, 0.717) is 33.4 Å². The number of benzene rings is 2. The second-order valence-electron chi connectivity index (χ2n) is 5.37. The third-order valence-electron chi connectivity index (χ3n) is 3.91. The molecule has 0 bridgehead atoms. The van der Waals surface area contributed by atoms with Crippen LogP contribution in [0.5, 0.6) is 17.2 Å². The summed E-state index contributed by atoms with van der Waals surface area (Å²) in [6, 6.07) is 7.96. The minimum absolute atomic E-state index is 0.00569. The van der Waals surface area contributed by atoms with Crippen LogP contribution in [0.4, 0.5) is 5.82 Å². The van der Waals surface area contributed by atoms with E-state index in [1.165, 1.54) is 33.5 Å². The number of sulfonamides is 1. The van der Waals surface area contributed by atoms with E-state index in [1.807, 2.05) is 0 Å². The molecule has 0 saturated carbocycles. The molecular formula is C17H17BrN2O6S. The summed E-state index contributed by atoms with van der Waals surface area (Å²) in [7, 11) is 0.526. The minimum atomic E-state index is -3.87. The number of ether oxygens (including phenoxy) is 3. The summed E-state index contributed by atoms with van der Waals surface area (Å²) in [6.07, 6.45) is 0. The molecule has 10 heteroatoms. The normalized spacial score (nSPS) is 11.4. The third-order valence-corrected chi connectivity index (χ3v) is 5.83. The lowest BCUT2D eigenvalue weighted by Crippen LogP contribution is -2.13. The SMILES string of the molecule is COc1c(OC)c(OC)c2c(NS(=O)(=O)c3ccccc3)noc2c1CBr. The molecule has 3 aromatic rings. The second-order valence-corrected chi connectivity index (χ2v) is 7.61. The molecule has 1 N–H and O–H groups in total. The van der Waals surface area contributed by atoms with Gasteiger partial charge in [-0.2, -0.15) is 0 Å². The van der Waals surface area contributed by atoms with Gasteiger partial charge in [0, 0.05) is 5.33 Å². The van der Waals surface area contributed by atoms with Crippen LogP contribution in [0.1, 0.15) is 5.56 Å². The first kappa shape index (κ1) is 19.3. The average Bonchev–Trinajstić information content (AvgIpc) is 3.09. The number of aromatic nitrogens is 1. The van der Waals surface area contributed by atoms with Gasteiger partial charge in [0.05, 0.1) is 31.8 Å². The lowest BCUT2D eigenvalue weighted by atomic mass is 10.1. The molecule has 0 saturated heterocycles. The monoisotopic (exact) mass is 456 g/mol. The summed E-state index contributed by atoms with van der Waals surface area (Å²) in [6.45, 7) is 0. The number of alkyl halides is 1. The first-order chi connectivity index (χ1) is 13.0. The molecule has 3 rings (SSSR count). The lowest BCUT2D eigenvalue weighted by molar-refractivity contribution is 0.325. The molecule has 0 aliphatic rings. The Morgan fingerprint density at radius 2 is 1.67 bits per heavy atom. The van der Waals surface area contributed by atoms with Crippen molar-refractivity contribution in [2.75, 3.05) is 26.1 Å². The number of nitrogens with one attached hydrogen (secondary N) is 1. The van der Waals surface area contributed by atoms with Gasteiger partial charge in [0.2, 0.25) is 5.75 Å². The molecule has 0 amide bonds. The number of nitrogens with zero attached hydrogens (tertiary/aromatic N) is 1. The van der Waals surface area contributed by atoms with Crippen LogP contribution >= 0.6 is 15.9 Å². The fourth-order valence-electron chi connectivity index (χ4n) is 2.74. The van der Waals surface area contributed by atoms with Gasteiger partial charge < -0.3 is 18.7 Å². The Kier molecular flexibility index (Phi) is 5.47. The van der Waals surface area contributed by atoms with Crippen molar-refractivity contribution in [2.24, 2.45) is 0 Å². The number of halogens is 1. The summed E-state index contributed by atoms with van der Waals surface area (Å²) < 4.78 is 49.5. The topological polar surface area (TPSA) is 99.9 Å². The lowest BCUT2D eigenvalue weighted by Gasteiger charge is -2.16. The Morgan fingerprint density at radius 3 is 2.22 bits per heavy atom. The predicted molar refractivity (Wildman–Crippen MR) is 104 cm³/mol. The van der Waals surface area contributed by atoms with Crippen LogP contribution in [-0.4, -0.2) is 34.9 Å². The van der Waals surface area contributed by atoms with Crippen molar-refractivity contribution in [2.45, 2.75) is 10.2 Å². The fraction of sp³-hybridized carbons (Fsp3) is 0.235. The molecule has 1 aromatic heterocycles. The molecular weight excluding hydrogens is 440 g/mol. The number of hydrogen-bond donors (Lipinski definition) is 1. The van der Waals surface area contributed by atoms with Gasteiger partial charge in [-0.1, -0.05) is 39.3 Å². The van der Waals surface area contributed by atoms with E-state index in [2.05, 4.69) is 25.8 Å². The summed E-state index contributed by atoms with van der Waals surface area (Å²) >= 11 is 3.38. The molecule has 1 heterocycles. The zero-order valence-corrected chi connectivity index (χ0v) is 17.2. The maximum atomic E-state index is 12.7. The molecule has 27 heavy (non-hydrogen) atoms. The standard InChI is InChI=1S/C17H17BrN2O6S/c1-23-14-11(9-18)13-12(15(24-2)16(14)25-3)17(19-26-13)20-27(21,22)10-7-5-4-6-8-10/h4-8H,9H2,1-3H3,(H,19,20). The van der Waals surface area contributed by atoms with Crippen molar-refractivity contribution in [3.8, 4) is 17.2 Å². The highest BCUT2D eigenvalue weighted by atomic mass is 79.9. The number of hydrogen-bond acceptors (Lipinski definition) is 7. The highest BCUT2D eigenvalue weighted by molar-refractivity contribution is 9.08. The molecule has 0 aliphatic carbocycles. The number of fused-ring (bicyclic) bond motifs is 1. The zero-order chi connectivity index (χ0) is 19.6. The van der Waals surface area contributed by atoms with Gasteiger partial charge in [-0.3, -0.25) is 4.72 Å². The van der Waals surface area contributed by atoms with E-state index in [-0.39, 0.29) is 16.5 Å². The van der Waals surface area contributed by atoms with E-state index in [0.717, 1.165) is 0 Å². The van der Waals surface area contributed by atoms with Crippen LogP contribution < -0.4 is 18.9 Å². The zero-order valence-electron chi connectivity index (χ0n) is 14.8. The quantitative estimate of drug-likeness (QED) is 0.542. The molecule has 0 fully saturated rings. The molecule has 0 radical (unpaired) electrons. The molecule has 8 nitrogen and oxygen atoms in total. The highest BCUT2D eigenvalue weighted by Gasteiger charge is 2.29. The van der Waals surface area contributed by atoms with Gasteiger partial charge >= 0.3 is 0 Å². The molecule has 2 aromatic carbocycles. The van der Waals surface area contributed by atoms with Crippen LogP contribution in [0.25, 0.3) is 11.0 Å². The van der Waals surface area contributed by atoms with E-state index in [9.17, 15) is 8.42 Å². The summed E-state index contributed by atoms with van der Waals surface area (Å²) in [5.74, 6) is 0.965. The van der Waals surface area contributed by atoms with Crippen LogP contribution in [-0.2, 0) is 15.4 Å². The second kappa shape index (κ2) is 7.65. The molecule has 0 spiro atoms. The minimum Gasteiger partial charge on any atom is -0.492 e. The van der Waals surface area contributed by atoms with Crippen molar-refractivity contribution < 1.29 is 27.2 Å². The van der Waals surface area contributed by atoms with Gasteiger partial charge in [-0.05, 0) is 12.1 Å². The maximum absolute atomic E-state index is 12.7. The van der Waals surface area contributed by atoms with Crippen molar-refractivity contribution >= 4 is 42.7 Å². The number of methoxy groups -OCH3 is 3. The first-order valence-electron chi connectivity index (χ1n) is 7.72. The maximum Gasteiger partial charge on any atom is 0.263 e. The van der Waals surface area contributed by atoms with Crippen molar-refractivity contribution in [3.05, 3.63) is 35.9 Å². The van der Waals surface area contributed by atoms with Gasteiger partial charge in [-0.25, -0.2) is 8.42 Å². The van der Waals surface area contributed by atoms with Crippen LogP contribution in [0.2, 0.25) is 0 Å². The Labute approximate surface area is 164 Å². The molecule has 0 unspecified atom stereocenters. The Morgan fingerprint density at radius 1 is 1.04 bits per heavy atom. The Balaban J connectivity index is 2.24. The van der Waals surface area contributed by atoms with Crippen LogP contribution in [0, 0.1) is 0 Å². The Hall–Kier alpha value is -2.46. The fourth-order valence-corrected chi connectivity index (χ4v) is 4.27. The van der Waals surface area contributed by atoms with Crippen LogP contribution in [0.3, 0.4) is 0 Å². The summed E-state index contributed by atoms with van der Waals surface area (Å²) in [5, 5.41) is 4.60. The van der Waals surface area contributed by atoms with Gasteiger partial charge in [0.25, 0.3) is 10.0 Å². The van der Waals surface area contributed by atoms with Gasteiger partial charge in [0.15, 0.2) is 22.9 Å². The predicted octanol–water partition coefficient (Wildman–Crippen LogP) is 3.55.